The van der Waals surface area contributed by atoms with Crippen LogP contribution in [0.3, 0.4) is 0 Å². The summed E-state index contributed by atoms with van der Waals surface area (Å²) < 4.78 is 25.6. The van der Waals surface area contributed by atoms with Gasteiger partial charge < -0.3 is 4.90 Å². The van der Waals surface area contributed by atoms with E-state index in [1.165, 1.54) is 11.8 Å². The number of carbonyl (C=O) groups is 1. The van der Waals surface area contributed by atoms with Crippen LogP contribution in [0.15, 0.2) is 35.4 Å². The molecule has 0 N–H and O–H groups in total. The number of aryl methyl sites for hydroxylation is 1. The lowest BCUT2D eigenvalue weighted by Crippen LogP contribution is -2.41. The number of rotatable bonds is 5. The molecule has 9 heteroatoms. The molecule has 1 aromatic carbocycles. The standard InChI is InChI=1S/C21H22N4O3S2/c1-3-24(15-8-9-30(27,28)13-15)19(26)12-29-20-10-14(2)16(11-22)21-23-17-6-4-5-7-18(17)25(20)21/h4-7,10,15H,3,8-9,12-13H2,1-2H3. The molecule has 1 aliphatic rings. The van der Waals surface area contributed by atoms with Crippen LogP contribution >= 0.6 is 11.8 Å². The van der Waals surface area contributed by atoms with Gasteiger partial charge in [-0.3, -0.25) is 9.20 Å². The van der Waals surface area contributed by atoms with Crippen molar-refractivity contribution in [2.75, 3.05) is 23.8 Å². The minimum absolute atomic E-state index is 0.0453. The Morgan fingerprint density at radius 2 is 2.17 bits per heavy atom. The lowest BCUT2D eigenvalue weighted by atomic mass is 10.2. The number of nitrogens with zero attached hydrogens (tertiary/aromatic N) is 4. The first kappa shape index (κ1) is 20.7. The van der Waals surface area contributed by atoms with E-state index in [2.05, 4.69) is 11.1 Å². The topological polar surface area (TPSA) is 95.5 Å². The number of thioether (sulfide) groups is 1. The summed E-state index contributed by atoms with van der Waals surface area (Å²) in [6.45, 7) is 4.22. The van der Waals surface area contributed by atoms with Gasteiger partial charge in [-0.25, -0.2) is 13.4 Å². The molecular formula is C21H22N4O3S2. The molecule has 3 aromatic rings. The van der Waals surface area contributed by atoms with Crippen LogP contribution in [-0.2, 0) is 14.6 Å². The second-order valence-electron chi connectivity index (χ2n) is 7.44. The fourth-order valence-electron chi connectivity index (χ4n) is 4.04. The van der Waals surface area contributed by atoms with E-state index in [1.54, 1.807) is 4.90 Å². The van der Waals surface area contributed by atoms with Crippen molar-refractivity contribution in [1.29, 1.82) is 5.26 Å². The number of hydrogen-bond donors (Lipinski definition) is 0. The maximum atomic E-state index is 12.9. The number of imidazole rings is 1. The predicted octanol–water partition coefficient (Wildman–Crippen LogP) is 2.80. The number of pyridine rings is 1. The number of aromatic nitrogens is 2. The van der Waals surface area contributed by atoms with Gasteiger partial charge in [-0.15, -0.1) is 0 Å². The van der Waals surface area contributed by atoms with Crippen LogP contribution in [0.1, 0.15) is 24.5 Å². The van der Waals surface area contributed by atoms with Crippen molar-refractivity contribution in [2.24, 2.45) is 0 Å². The van der Waals surface area contributed by atoms with E-state index in [4.69, 9.17) is 0 Å². The molecule has 156 valence electrons. The van der Waals surface area contributed by atoms with E-state index >= 15 is 0 Å². The molecule has 0 bridgehead atoms. The van der Waals surface area contributed by atoms with Crippen LogP contribution in [0.25, 0.3) is 16.7 Å². The molecule has 1 saturated heterocycles. The lowest BCUT2D eigenvalue weighted by molar-refractivity contribution is -0.129. The molecule has 0 radical (unpaired) electrons. The lowest BCUT2D eigenvalue weighted by Gasteiger charge is -2.26. The molecule has 0 aliphatic carbocycles. The van der Waals surface area contributed by atoms with Gasteiger partial charge >= 0.3 is 0 Å². The van der Waals surface area contributed by atoms with E-state index < -0.39 is 9.84 Å². The number of hydrogen-bond acceptors (Lipinski definition) is 6. The fraction of sp³-hybridized carbons (Fsp3) is 0.381. The van der Waals surface area contributed by atoms with Gasteiger partial charge in [0.2, 0.25) is 5.91 Å². The molecule has 4 rings (SSSR count). The monoisotopic (exact) mass is 442 g/mol. The minimum Gasteiger partial charge on any atom is -0.338 e. The molecule has 1 amide bonds. The summed E-state index contributed by atoms with van der Waals surface area (Å²) in [5.41, 5.74) is 3.59. The number of fused-ring (bicyclic) bond motifs is 3. The second-order valence-corrected chi connectivity index (χ2v) is 10.7. The molecule has 0 spiro atoms. The summed E-state index contributed by atoms with van der Waals surface area (Å²) in [6.07, 6.45) is 0.499. The Kier molecular flexibility index (Phi) is 5.47. The molecule has 3 heterocycles. The number of para-hydroxylation sites is 2. The number of amides is 1. The Morgan fingerprint density at radius 1 is 1.40 bits per heavy atom. The van der Waals surface area contributed by atoms with E-state index in [-0.39, 0.29) is 29.2 Å². The molecule has 2 aromatic heterocycles. The van der Waals surface area contributed by atoms with Crippen molar-refractivity contribution in [1.82, 2.24) is 14.3 Å². The summed E-state index contributed by atoms with van der Waals surface area (Å²) in [7, 11) is -3.05. The summed E-state index contributed by atoms with van der Waals surface area (Å²) in [5.74, 6) is 0.302. The van der Waals surface area contributed by atoms with Crippen molar-refractivity contribution in [3.05, 3.63) is 41.5 Å². The van der Waals surface area contributed by atoms with Gasteiger partial charge in [0.15, 0.2) is 15.5 Å². The van der Waals surface area contributed by atoms with Crippen molar-refractivity contribution in [2.45, 2.75) is 31.3 Å². The molecule has 1 fully saturated rings. The first-order valence-corrected chi connectivity index (χ1v) is 12.6. The summed E-state index contributed by atoms with van der Waals surface area (Å²) >= 11 is 1.39. The van der Waals surface area contributed by atoms with Crippen molar-refractivity contribution in [3.8, 4) is 6.07 Å². The summed E-state index contributed by atoms with van der Waals surface area (Å²) in [6, 6.07) is 11.6. The van der Waals surface area contributed by atoms with E-state index in [9.17, 15) is 18.5 Å². The third-order valence-electron chi connectivity index (χ3n) is 5.50. The van der Waals surface area contributed by atoms with Crippen molar-refractivity contribution >= 4 is 44.2 Å². The molecule has 1 atom stereocenters. The van der Waals surface area contributed by atoms with Crippen LogP contribution in [0, 0.1) is 18.3 Å². The SMILES string of the molecule is CCN(C(=O)CSc1cc(C)c(C#N)c2nc3ccccc3n12)C1CCS(=O)(=O)C1. The number of sulfone groups is 1. The highest BCUT2D eigenvalue weighted by Crippen LogP contribution is 2.30. The van der Waals surface area contributed by atoms with Gasteiger partial charge in [0.05, 0.1) is 38.9 Å². The van der Waals surface area contributed by atoms with Crippen LogP contribution in [0.2, 0.25) is 0 Å². The maximum absolute atomic E-state index is 12.9. The normalized spacial score (nSPS) is 18.0. The van der Waals surface area contributed by atoms with Crippen LogP contribution in [-0.4, -0.2) is 58.5 Å². The fourth-order valence-corrected chi connectivity index (χ4v) is 6.78. The van der Waals surface area contributed by atoms with Gasteiger partial charge in [-0.05, 0) is 44.0 Å². The van der Waals surface area contributed by atoms with Gasteiger partial charge in [0.1, 0.15) is 6.07 Å². The molecule has 7 nitrogen and oxygen atoms in total. The zero-order valence-corrected chi connectivity index (χ0v) is 18.5. The van der Waals surface area contributed by atoms with E-state index in [0.717, 1.165) is 21.6 Å². The van der Waals surface area contributed by atoms with Gasteiger partial charge in [0, 0.05) is 12.6 Å². The third-order valence-corrected chi connectivity index (χ3v) is 8.24. The molecule has 30 heavy (non-hydrogen) atoms. The first-order chi connectivity index (χ1) is 14.3. The highest BCUT2D eigenvalue weighted by Gasteiger charge is 2.33. The summed E-state index contributed by atoms with van der Waals surface area (Å²) in [5, 5.41) is 10.4. The van der Waals surface area contributed by atoms with Crippen LogP contribution in [0.5, 0.6) is 0 Å². The Labute approximate surface area is 179 Å². The largest absolute Gasteiger partial charge is 0.338 e. The van der Waals surface area contributed by atoms with Crippen LogP contribution in [0.4, 0.5) is 0 Å². The molecular weight excluding hydrogens is 420 g/mol. The second kappa shape index (κ2) is 7.93. The van der Waals surface area contributed by atoms with Gasteiger partial charge in [-0.1, -0.05) is 23.9 Å². The van der Waals surface area contributed by atoms with Crippen molar-refractivity contribution < 1.29 is 13.2 Å². The van der Waals surface area contributed by atoms with Gasteiger partial charge in [0.25, 0.3) is 0 Å². The van der Waals surface area contributed by atoms with E-state index in [0.29, 0.717) is 24.2 Å². The third kappa shape index (κ3) is 3.66. The number of carbonyl (C=O) groups excluding carboxylic acids is 1. The molecule has 1 aliphatic heterocycles. The smallest absolute Gasteiger partial charge is 0.233 e. The Balaban J connectivity index is 1.66. The van der Waals surface area contributed by atoms with E-state index in [1.807, 2.05) is 48.6 Å². The quantitative estimate of drug-likeness (QED) is 0.564. The summed E-state index contributed by atoms with van der Waals surface area (Å²) in [4.78, 5) is 19.2. The molecule has 0 saturated carbocycles. The first-order valence-electron chi connectivity index (χ1n) is 9.78. The average Bonchev–Trinajstić information content (AvgIpc) is 3.26. The zero-order chi connectivity index (χ0) is 21.5. The average molecular weight is 443 g/mol. The molecule has 1 unspecified atom stereocenters. The maximum Gasteiger partial charge on any atom is 0.233 e. The van der Waals surface area contributed by atoms with Crippen LogP contribution < -0.4 is 0 Å². The predicted molar refractivity (Wildman–Crippen MR) is 117 cm³/mol. The highest BCUT2D eigenvalue weighted by atomic mass is 32.2. The zero-order valence-electron chi connectivity index (χ0n) is 16.8. The van der Waals surface area contributed by atoms with Crippen molar-refractivity contribution in [3.63, 3.8) is 0 Å². The van der Waals surface area contributed by atoms with Gasteiger partial charge in [-0.2, -0.15) is 5.26 Å². The minimum atomic E-state index is -3.05. The highest BCUT2D eigenvalue weighted by molar-refractivity contribution is 7.99. The Bertz CT molecular complexity index is 1290. The number of nitriles is 1. The number of benzene rings is 1. The Hall–Kier alpha value is -2.57. The Morgan fingerprint density at radius 3 is 2.83 bits per heavy atom.